The van der Waals surface area contributed by atoms with Gasteiger partial charge in [0, 0.05) is 15.1 Å². The average molecular weight is 612 g/mol. The van der Waals surface area contributed by atoms with Crippen LogP contribution in [0.25, 0.3) is 6.08 Å². The number of hydrogen-bond acceptors (Lipinski definition) is 5. The Bertz CT molecular complexity index is 1440. The number of imide groups is 1. The second-order valence-corrected chi connectivity index (χ2v) is 9.98. The molecule has 1 saturated heterocycles. The van der Waals surface area contributed by atoms with Gasteiger partial charge in [-0.2, -0.15) is 0 Å². The fourth-order valence-corrected chi connectivity index (χ4v) is 4.57. The number of anilines is 1. The predicted octanol–water partition coefficient (Wildman–Crippen LogP) is 6.77. The van der Waals surface area contributed by atoms with E-state index in [1.807, 2.05) is 17.4 Å². The number of amides is 3. The molecule has 4 rings (SSSR count). The highest BCUT2D eigenvalue weighted by molar-refractivity contribution is 9.10. The van der Waals surface area contributed by atoms with Gasteiger partial charge in [-0.25, -0.2) is 13.2 Å². The first-order valence-electron chi connectivity index (χ1n) is 10.5. The fourth-order valence-electron chi connectivity index (χ4n) is 3.24. The minimum atomic E-state index is -1.75. The molecule has 1 fully saturated rings. The van der Waals surface area contributed by atoms with E-state index in [9.17, 15) is 27.6 Å². The number of nitrogens with one attached hydrogen (secondary N) is 1. The van der Waals surface area contributed by atoms with Crippen molar-refractivity contribution in [2.24, 2.45) is 0 Å². The Labute approximate surface area is 226 Å². The summed E-state index contributed by atoms with van der Waals surface area (Å²) in [4.78, 5) is 38.3. The molecule has 190 valence electrons. The first-order chi connectivity index (χ1) is 17.6. The number of hydrogen-bond donors (Lipinski definition) is 1. The molecule has 0 saturated carbocycles. The molecule has 0 aromatic heterocycles. The van der Waals surface area contributed by atoms with E-state index in [0.29, 0.717) is 43.5 Å². The largest absolute Gasteiger partial charge is 0.488 e. The fraction of sp³-hybridized carbons (Fsp3) is 0.0800. The number of carbonyl (C=O) groups excluding carboxylic acids is 3. The molecule has 6 nitrogen and oxygen atoms in total. The van der Waals surface area contributed by atoms with Crippen molar-refractivity contribution in [2.45, 2.75) is 6.61 Å². The highest BCUT2D eigenvalue weighted by Gasteiger charge is 2.36. The zero-order valence-electron chi connectivity index (χ0n) is 18.6. The first kappa shape index (κ1) is 26.8. The van der Waals surface area contributed by atoms with Crippen LogP contribution in [-0.4, -0.2) is 28.5 Å². The van der Waals surface area contributed by atoms with Gasteiger partial charge in [-0.3, -0.25) is 19.3 Å². The van der Waals surface area contributed by atoms with Gasteiger partial charge in [0.15, 0.2) is 17.5 Å². The third-order valence-electron chi connectivity index (χ3n) is 5.05. The molecule has 12 heteroatoms. The molecule has 3 aromatic rings. The number of rotatable bonds is 7. The maximum absolute atomic E-state index is 13.8. The first-order valence-corrected chi connectivity index (χ1v) is 12.5. The van der Waals surface area contributed by atoms with E-state index in [0.717, 1.165) is 11.6 Å². The lowest BCUT2D eigenvalue weighted by molar-refractivity contribution is -0.127. The van der Waals surface area contributed by atoms with E-state index in [1.165, 1.54) is 6.08 Å². The summed E-state index contributed by atoms with van der Waals surface area (Å²) < 4.78 is 46.9. The lowest BCUT2D eigenvalue weighted by atomic mass is 10.1. The van der Waals surface area contributed by atoms with Gasteiger partial charge in [0.25, 0.3) is 11.1 Å². The Morgan fingerprint density at radius 2 is 1.78 bits per heavy atom. The number of benzene rings is 3. The van der Waals surface area contributed by atoms with E-state index < -0.39 is 46.7 Å². The standard InChI is InChI=1S/C25H15BrClF3N2O4S/c26-15-3-8-19(36-12-13-1-4-16(27)5-2-13)14(9-15)10-20-24(34)32(25(35)37-20)11-21(33)31-18-7-6-17(28)22(29)23(18)30/h1-10H,11-12H2,(H,31,33)/b20-10+. The number of halogens is 5. The molecular weight excluding hydrogens is 597 g/mol. The molecule has 1 aliphatic heterocycles. The molecule has 0 radical (unpaired) electrons. The van der Waals surface area contributed by atoms with E-state index in [1.54, 1.807) is 30.3 Å². The lowest BCUT2D eigenvalue weighted by Crippen LogP contribution is -2.36. The summed E-state index contributed by atoms with van der Waals surface area (Å²) in [5.41, 5.74) is 0.743. The van der Waals surface area contributed by atoms with Crippen molar-refractivity contribution in [1.82, 2.24) is 4.90 Å². The second-order valence-electron chi connectivity index (χ2n) is 7.64. The minimum Gasteiger partial charge on any atom is -0.488 e. The molecule has 37 heavy (non-hydrogen) atoms. The zero-order chi connectivity index (χ0) is 26.7. The second kappa shape index (κ2) is 11.4. The van der Waals surface area contributed by atoms with Crippen LogP contribution in [0.4, 0.5) is 23.7 Å². The van der Waals surface area contributed by atoms with Crippen molar-refractivity contribution in [3.8, 4) is 5.75 Å². The molecule has 1 heterocycles. The normalized spacial score (nSPS) is 14.4. The van der Waals surface area contributed by atoms with Gasteiger partial charge in [0.1, 0.15) is 18.9 Å². The summed E-state index contributed by atoms with van der Waals surface area (Å²) in [5.74, 6) is -6.05. The molecule has 1 N–H and O–H groups in total. The van der Waals surface area contributed by atoms with Crippen molar-refractivity contribution in [3.05, 3.63) is 97.6 Å². The molecule has 3 aromatic carbocycles. The number of nitrogens with zero attached hydrogens (tertiary/aromatic N) is 1. The van der Waals surface area contributed by atoms with Crippen LogP contribution in [-0.2, 0) is 16.2 Å². The highest BCUT2D eigenvalue weighted by atomic mass is 79.9. The highest BCUT2D eigenvalue weighted by Crippen LogP contribution is 2.35. The number of carbonyl (C=O) groups is 3. The van der Waals surface area contributed by atoms with Gasteiger partial charge in [0.2, 0.25) is 5.91 Å². The van der Waals surface area contributed by atoms with Crippen LogP contribution in [0.3, 0.4) is 0 Å². The van der Waals surface area contributed by atoms with Crippen molar-refractivity contribution < 1.29 is 32.3 Å². The quantitative estimate of drug-likeness (QED) is 0.236. The Balaban J connectivity index is 1.48. The molecule has 3 amide bonds. The predicted molar refractivity (Wildman–Crippen MR) is 138 cm³/mol. The van der Waals surface area contributed by atoms with Crippen molar-refractivity contribution in [2.75, 3.05) is 11.9 Å². The maximum atomic E-state index is 13.8. The van der Waals surface area contributed by atoms with Gasteiger partial charge in [-0.05, 0) is 65.9 Å². The van der Waals surface area contributed by atoms with Crippen LogP contribution in [0, 0.1) is 17.5 Å². The zero-order valence-corrected chi connectivity index (χ0v) is 21.7. The summed E-state index contributed by atoms with van der Waals surface area (Å²) in [6.07, 6.45) is 1.46. The van der Waals surface area contributed by atoms with Gasteiger partial charge in [-0.1, -0.05) is 39.7 Å². The smallest absolute Gasteiger partial charge is 0.294 e. The van der Waals surface area contributed by atoms with Crippen LogP contribution in [0.15, 0.2) is 64.0 Å². The Hall–Kier alpha value is -3.28. The Kier molecular flexibility index (Phi) is 8.25. The average Bonchev–Trinajstić information content (AvgIpc) is 3.12. The van der Waals surface area contributed by atoms with Crippen LogP contribution in [0.5, 0.6) is 5.75 Å². The molecule has 1 aliphatic rings. The molecule has 0 spiro atoms. The van der Waals surface area contributed by atoms with Crippen LogP contribution in [0.2, 0.25) is 5.02 Å². The summed E-state index contributed by atoms with van der Waals surface area (Å²) in [7, 11) is 0. The molecule has 0 atom stereocenters. The van der Waals surface area contributed by atoms with Crippen LogP contribution in [0.1, 0.15) is 11.1 Å². The van der Waals surface area contributed by atoms with Gasteiger partial charge in [-0.15, -0.1) is 0 Å². The third kappa shape index (κ3) is 6.35. The van der Waals surface area contributed by atoms with Crippen molar-refractivity contribution >= 4 is 68.1 Å². The monoisotopic (exact) mass is 610 g/mol. The molecular formula is C25H15BrClF3N2O4S. The van der Waals surface area contributed by atoms with E-state index in [-0.39, 0.29) is 11.5 Å². The van der Waals surface area contributed by atoms with Gasteiger partial charge >= 0.3 is 0 Å². The summed E-state index contributed by atoms with van der Waals surface area (Å²) >= 11 is 9.88. The van der Waals surface area contributed by atoms with E-state index >= 15 is 0 Å². The van der Waals surface area contributed by atoms with E-state index in [4.69, 9.17) is 16.3 Å². The van der Waals surface area contributed by atoms with Crippen molar-refractivity contribution in [3.63, 3.8) is 0 Å². The molecule has 0 aliphatic carbocycles. The van der Waals surface area contributed by atoms with Crippen LogP contribution >= 0.6 is 39.3 Å². The summed E-state index contributed by atoms with van der Waals surface area (Å²) in [6.45, 7) is -0.527. The van der Waals surface area contributed by atoms with Crippen LogP contribution < -0.4 is 10.1 Å². The summed E-state index contributed by atoms with van der Waals surface area (Å²) in [6, 6.07) is 13.7. The topological polar surface area (TPSA) is 75.7 Å². The number of thioether (sulfide) groups is 1. The van der Waals surface area contributed by atoms with Gasteiger partial charge < -0.3 is 10.1 Å². The van der Waals surface area contributed by atoms with E-state index in [2.05, 4.69) is 15.9 Å². The maximum Gasteiger partial charge on any atom is 0.294 e. The van der Waals surface area contributed by atoms with Crippen molar-refractivity contribution in [1.29, 1.82) is 0 Å². The third-order valence-corrected chi connectivity index (χ3v) is 6.70. The molecule has 0 bridgehead atoms. The summed E-state index contributed by atoms with van der Waals surface area (Å²) in [5, 5.41) is 1.90. The Morgan fingerprint density at radius 3 is 2.51 bits per heavy atom. The Morgan fingerprint density at radius 1 is 1.05 bits per heavy atom. The minimum absolute atomic E-state index is 0.0336. The molecule has 0 unspecified atom stereocenters. The number of ether oxygens (including phenoxy) is 1. The SMILES string of the molecule is O=C(CN1C(=O)S/C(=C/c2cc(Br)ccc2OCc2ccc(Cl)cc2)C1=O)Nc1ccc(F)c(F)c1F. The lowest BCUT2D eigenvalue weighted by Gasteiger charge is -2.13. The van der Waals surface area contributed by atoms with Gasteiger partial charge in [0.05, 0.1) is 10.6 Å².